The van der Waals surface area contributed by atoms with Crippen molar-refractivity contribution in [1.82, 2.24) is 0 Å². The molecule has 2 nitrogen and oxygen atoms in total. The van der Waals surface area contributed by atoms with Gasteiger partial charge in [-0.1, -0.05) is 42.5 Å². The molecule has 2 aromatic rings. The molecule has 2 rings (SSSR count). The molecule has 0 heterocycles. The Morgan fingerprint density at radius 1 is 1.00 bits per heavy atom. The van der Waals surface area contributed by atoms with Gasteiger partial charge in [0.1, 0.15) is 12.4 Å². The Balaban J connectivity index is 1.88. The number of ether oxygens (including phenoxy) is 1. The lowest BCUT2D eigenvalue weighted by atomic mass is 10.1. The van der Waals surface area contributed by atoms with Gasteiger partial charge in [0, 0.05) is 6.42 Å². The molecule has 0 amide bonds. The zero-order valence-electron chi connectivity index (χ0n) is 9.80. The quantitative estimate of drug-likeness (QED) is 0.771. The highest BCUT2D eigenvalue weighted by atomic mass is 127. The summed E-state index contributed by atoms with van der Waals surface area (Å²) in [6, 6.07) is 17.4. The number of para-hydroxylation sites is 1. The SMILES string of the molecule is O=C(COc1ccccc1I)Cc1ccccc1. The summed E-state index contributed by atoms with van der Waals surface area (Å²) in [6.45, 7) is 0.120. The van der Waals surface area contributed by atoms with Gasteiger partial charge < -0.3 is 4.74 Å². The van der Waals surface area contributed by atoms with E-state index in [0.717, 1.165) is 14.9 Å². The first-order valence-electron chi connectivity index (χ1n) is 5.68. The summed E-state index contributed by atoms with van der Waals surface area (Å²) in [4.78, 5) is 11.8. The first kappa shape index (κ1) is 13.1. The summed E-state index contributed by atoms with van der Waals surface area (Å²) in [6.07, 6.45) is 0.421. The molecule has 0 aromatic heterocycles. The molecule has 0 radical (unpaired) electrons. The number of benzene rings is 2. The van der Waals surface area contributed by atoms with E-state index in [1.807, 2.05) is 54.6 Å². The van der Waals surface area contributed by atoms with Gasteiger partial charge in [-0.2, -0.15) is 0 Å². The topological polar surface area (TPSA) is 26.3 Å². The van der Waals surface area contributed by atoms with E-state index >= 15 is 0 Å². The van der Waals surface area contributed by atoms with Gasteiger partial charge in [-0.15, -0.1) is 0 Å². The molecule has 0 aliphatic carbocycles. The molecule has 2 aromatic carbocycles. The third-order valence-electron chi connectivity index (χ3n) is 2.47. The Hall–Kier alpha value is -1.36. The molecule has 0 fully saturated rings. The van der Waals surface area contributed by atoms with E-state index in [0.29, 0.717) is 6.42 Å². The van der Waals surface area contributed by atoms with Gasteiger partial charge in [0.05, 0.1) is 3.57 Å². The predicted octanol–water partition coefficient (Wildman–Crippen LogP) is 3.48. The Labute approximate surface area is 120 Å². The minimum atomic E-state index is 0.0841. The van der Waals surface area contributed by atoms with E-state index in [2.05, 4.69) is 22.6 Å². The maximum Gasteiger partial charge on any atom is 0.174 e. The molecule has 0 aliphatic heterocycles. The maximum absolute atomic E-state index is 11.8. The van der Waals surface area contributed by atoms with E-state index in [4.69, 9.17) is 4.74 Å². The van der Waals surface area contributed by atoms with E-state index < -0.39 is 0 Å². The molecule has 0 N–H and O–H groups in total. The van der Waals surface area contributed by atoms with Crippen LogP contribution in [0.15, 0.2) is 54.6 Å². The van der Waals surface area contributed by atoms with Gasteiger partial charge >= 0.3 is 0 Å². The molecule has 0 aliphatic rings. The Kier molecular flexibility index (Phi) is 4.75. The number of hydrogen-bond donors (Lipinski definition) is 0. The molecular formula is C15H13IO2. The number of carbonyl (C=O) groups excluding carboxylic acids is 1. The molecule has 0 spiro atoms. The maximum atomic E-state index is 11.8. The van der Waals surface area contributed by atoms with Crippen molar-refractivity contribution in [2.75, 3.05) is 6.61 Å². The number of ketones is 1. The van der Waals surface area contributed by atoms with Crippen LogP contribution in [-0.4, -0.2) is 12.4 Å². The smallest absolute Gasteiger partial charge is 0.174 e. The van der Waals surface area contributed by atoms with E-state index in [9.17, 15) is 4.79 Å². The van der Waals surface area contributed by atoms with E-state index in [-0.39, 0.29) is 12.4 Å². The van der Waals surface area contributed by atoms with Crippen molar-refractivity contribution >= 4 is 28.4 Å². The first-order chi connectivity index (χ1) is 8.75. The number of Topliss-reactive ketones (excluding diaryl/α,β-unsaturated/α-hetero) is 1. The summed E-state index contributed by atoms with van der Waals surface area (Å²) in [7, 11) is 0. The predicted molar refractivity (Wildman–Crippen MR) is 79.8 cm³/mol. The number of rotatable bonds is 5. The lowest BCUT2D eigenvalue weighted by Crippen LogP contribution is -2.14. The van der Waals surface area contributed by atoms with Gasteiger partial charge in [0.15, 0.2) is 5.78 Å². The van der Waals surface area contributed by atoms with Crippen molar-refractivity contribution in [3.05, 3.63) is 63.7 Å². The summed E-state index contributed by atoms with van der Waals surface area (Å²) in [5.74, 6) is 0.848. The molecular weight excluding hydrogens is 339 g/mol. The van der Waals surface area contributed by atoms with Crippen LogP contribution in [0, 0.1) is 3.57 Å². The van der Waals surface area contributed by atoms with Gasteiger partial charge in [-0.25, -0.2) is 0 Å². The Bertz CT molecular complexity index is 523. The average Bonchev–Trinajstić information content (AvgIpc) is 2.39. The van der Waals surface area contributed by atoms with Gasteiger partial charge in [0.2, 0.25) is 0 Å². The van der Waals surface area contributed by atoms with Gasteiger partial charge in [-0.05, 0) is 40.3 Å². The van der Waals surface area contributed by atoms with E-state index in [1.165, 1.54) is 0 Å². The van der Waals surface area contributed by atoms with Crippen LogP contribution >= 0.6 is 22.6 Å². The molecule has 92 valence electrons. The minimum Gasteiger partial charge on any atom is -0.485 e. The standard InChI is InChI=1S/C15H13IO2/c16-14-8-4-5-9-15(14)18-11-13(17)10-12-6-2-1-3-7-12/h1-9H,10-11H2. The van der Waals surface area contributed by atoms with Crippen molar-refractivity contribution < 1.29 is 9.53 Å². The molecule has 18 heavy (non-hydrogen) atoms. The number of hydrogen-bond acceptors (Lipinski definition) is 2. The first-order valence-corrected chi connectivity index (χ1v) is 6.76. The largest absolute Gasteiger partial charge is 0.485 e. The number of halogens is 1. The third kappa shape index (κ3) is 3.84. The second-order valence-corrected chi connectivity index (χ2v) is 5.08. The van der Waals surface area contributed by atoms with Crippen LogP contribution < -0.4 is 4.74 Å². The molecule has 0 atom stereocenters. The fourth-order valence-electron chi connectivity index (χ4n) is 1.59. The second kappa shape index (κ2) is 6.54. The van der Waals surface area contributed by atoms with Crippen LogP contribution in [0.25, 0.3) is 0 Å². The molecule has 0 saturated heterocycles. The average molecular weight is 352 g/mol. The molecule has 3 heteroatoms. The van der Waals surface area contributed by atoms with Crippen LogP contribution in [0.2, 0.25) is 0 Å². The second-order valence-electron chi connectivity index (χ2n) is 3.92. The summed E-state index contributed by atoms with van der Waals surface area (Å²) in [5.41, 5.74) is 1.02. The van der Waals surface area contributed by atoms with Crippen LogP contribution in [0.4, 0.5) is 0 Å². The lowest BCUT2D eigenvalue weighted by molar-refractivity contribution is -0.120. The van der Waals surface area contributed by atoms with Crippen LogP contribution in [0.1, 0.15) is 5.56 Å². The highest BCUT2D eigenvalue weighted by Gasteiger charge is 2.06. The normalized spacial score (nSPS) is 10.1. The fourth-order valence-corrected chi connectivity index (χ4v) is 2.14. The zero-order valence-corrected chi connectivity index (χ0v) is 12.0. The number of carbonyl (C=O) groups is 1. The monoisotopic (exact) mass is 352 g/mol. The van der Waals surface area contributed by atoms with Gasteiger partial charge in [-0.3, -0.25) is 4.79 Å². The highest BCUT2D eigenvalue weighted by molar-refractivity contribution is 14.1. The molecule has 0 bridgehead atoms. The summed E-state index contributed by atoms with van der Waals surface area (Å²) < 4.78 is 6.53. The van der Waals surface area contributed by atoms with Crippen LogP contribution in [0.5, 0.6) is 5.75 Å². The fraction of sp³-hybridized carbons (Fsp3) is 0.133. The van der Waals surface area contributed by atoms with Crippen molar-refractivity contribution in [3.63, 3.8) is 0 Å². The van der Waals surface area contributed by atoms with Crippen molar-refractivity contribution in [3.8, 4) is 5.75 Å². The Morgan fingerprint density at radius 2 is 1.67 bits per heavy atom. The van der Waals surface area contributed by atoms with Crippen molar-refractivity contribution in [2.24, 2.45) is 0 Å². The van der Waals surface area contributed by atoms with Crippen LogP contribution in [0.3, 0.4) is 0 Å². The van der Waals surface area contributed by atoms with Crippen LogP contribution in [-0.2, 0) is 11.2 Å². The van der Waals surface area contributed by atoms with Crippen molar-refractivity contribution in [1.29, 1.82) is 0 Å². The zero-order chi connectivity index (χ0) is 12.8. The minimum absolute atomic E-state index is 0.0841. The van der Waals surface area contributed by atoms with E-state index in [1.54, 1.807) is 0 Å². The van der Waals surface area contributed by atoms with Gasteiger partial charge in [0.25, 0.3) is 0 Å². The lowest BCUT2D eigenvalue weighted by Gasteiger charge is -2.07. The third-order valence-corrected chi connectivity index (χ3v) is 3.36. The summed E-state index contributed by atoms with van der Waals surface area (Å²) in [5, 5.41) is 0. The Morgan fingerprint density at radius 3 is 2.39 bits per heavy atom. The highest BCUT2D eigenvalue weighted by Crippen LogP contribution is 2.19. The molecule has 0 unspecified atom stereocenters. The molecule has 0 saturated carbocycles. The summed E-state index contributed by atoms with van der Waals surface area (Å²) >= 11 is 2.19. The van der Waals surface area contributed by atoms with Crippen molar-refractivity contribution in [2.45, 2.75) is 6.42 Å².